The van der Waals surface area contributed by atoms with Crippen molar-refractivity contribution in [1.82, 2.24) is 24.2 Å². The van der Waals surface area contributed by atoms with E-state index in [0.29, 0.717) is 23.1 Å². The molecule has 6 rings (SSSR count). The minimum atomic E-state index is -4.63. The lowest BCUT2D eigenvalue weighted by atomic mass is 9.89. The average Bonchev–Trinajstić information content (AvgIpc) is 3.66. The van der Waals surface area contributed by atoms with Gasteiger partial charge in [0.05, 0.1) is 61.2 Å². The van der Waals surface area contributed by atoms with E-state index in [-0.39, 0.29) is 23.1 Å². The van der Waals surface area contributed by atoms with Crippen molar-refractivity contribution in [1.29, 1.82) is 0 Å². The number of hydrogen-bond donors (Lipinski definition) is 1. The van der Waals surface area contributed by atoms with Crippen molar-refractivity contribution in [2.45, 2.75) is 57.4 Å². The van der Waals surface area contributed by atoms with E-state index in [2.05, 4.69) is 41.5 Å². The van der Waals surface area contributed by atoms with Gasteiger partial charge in [0, 0.05) is 24.4 Å². The predicted octanol–water partition coefficient (Wildman–Crippen LogP) is 7.52. The first kappa shape index (κ1) is 33.5. The van der Waals surface area contributed by atoms with Gasteiger partial charge in [0.2, 0.25) is 0 Å². The van der Waals surface area contributed by atoms with Gasteiger partial charge in [-0.2, -0.15) is 18.3 Å². The molecule has 0 saturated heterocycles. The van der Waals surface area contributed by atoms with Gasteiger partial charge in [-0.25, -0.2) is 23.7 Å². The molecule has 0 spiro atoms. The Morgan fingerprint density at radius 1 is 0.959 bits per heavy atom. The van der Waals surface area contributed by atoms with Gasteiger partial charge in [0.25, 0.3) is 0 Å². The highest BCUT2D eigenvalue weighted by atomic mass is 19.4. The Bertz CT molecular complexity index is 2060. The maximum atomic E-state index is 14.2. The number of imidazole rings is 1. The summed E-state index contributed by atoms with van der Waals surface area (Å²) in [4.78, 5) is 31.7. The van der Waals surface area contributed by atoms with Crippen molar-refractivity contribution in [3.05, 3.63) is 130 Å². The second kappa shape index (κ2) is 13.2. The zero-order chi connectivity index (χ0) is 34.9. The van der Waals surface area contributed by atoms with Crippen LogP contribution in [0.25, 0.3) is 27.6 Å². The van der Waals surface area contributed by atoms with Crippen molar-refractivity contribution in [2.75, 3.05) is 14.1 Å². The second-order valence-corrected chi connectivity index (χ2v) is 13.1. The van der Waals surface area contributed by atoms with Gasteiger partial charge >= 0.3 is 17.9 Å². The molecule has 1 N–H and O–H groups in total. The van der Waals surface area contributed by atoms with Crippen LogP contribution in [0.5, 0.6) is 0 Å². The summed E-state index contributed by atoms with van der Waals surface area (Å²) < 4.78 is 45.6. The van der Waals surface area contributed by atoms with Crippen molar-refractivity contribution >= 4 is 11.7 Å². The molecule has 0 bridgehead atoms. The van der Waals surface area contributed by atoms with Crippen molar-refractivity contribution in [2.24, 2.45) is 0 Å². The molecule has 3 aromatic carbocycles. The molecule has 0 unspecified atom stereocenters. The maximum Gasteiger partial charge on any atom is 0.416 e. The Morgan fingerprint density at radius 3 is 2.31 bits per heavy atom. The van der Waals surface area contributed by atoms with Crippen LogP contribution in [-0.4, -0.2) is 55.6 Å². The van der Waals surface area contributed by atoms with E-state index in [9.17, 15) is 22.8 Å². The molecule has 1 aliphatic carbocycles. The fraction of sp³-hybridized carbons (Fsp3) is 0.297. The van der Waals surface area contributed by atoms with Crippen LogP contribution in [0.1, 0.15) is 42.5 Å². The molecule has 0 radical (unpaired) electrons. The monoisotopic (exact) mass is 668 g/mol. The Kier molecular flexibility index (Phi) is 9.05. The SMILES string of the molecule is [C-]#[N+]c1ccc(-n2nccc2-c2c(C)n(-c3cccc(C(F)(F)F)c3)c(=O)n2C(=O)NC2CCC([N+](C)(C)Cc3ccccc3)CC2)cc1. The average molecular weight is 669 g/mol. The highest BCUT2D eigenvalue weighted by Gasteiger charge is 2.35. The summed E-state index contributed by atoms with van der Waals surface area (Å²) in [6.07, 6.45) is 0.0851. The van der Waals surface area contributed by atoms with Crippen LogP contribution in [0.2, 0.25) is 0 Å². The van der Waals surface area contributed by atoms with E-state index in [1.54, 1.807) is 37.3 Å². The van der Waals surface area contributed by atoms with E-state index in [4.69, 9.17) is 6.57 Å². The molecule has 12 heteroatoms. The molecular weight excluding hydrogens is 631 g/mol. The lowest BCUT2D eigenvalue weighted by Crippen LogP contribution is -2.52. The summed E-state index contributed by atoms with van der Waals surface area (Å²) in [6, 6.07) is 22.7. The summed E-state index contributed by atoms with van der Waals surface area (Å²) >= 11 is 0. The number of quaternary nitrogens is 1. The van der Waals surface area contributed by atoms with Gasteiger partial charge < -0.3 is 9.80 Å². The number of rotatable bonds is 7. The second-order valence-electron chi connectivity index (χ2n) is 13.1. The molecule has 2 heterocycles. The number of halogens is 3. The highest BCUT2D eigenvalue weighted by molar-refractivity contribution is 5.83. The molecule has 1 aliphatic rings. The molecule has 1 saturated carbocycles. The molecule has 0 aliphatic heterocycles. The Balaban J connectivity index is 1.34. The number of benzene rings is 3. The van der Waals surface area contributed by atoms with Crippen LogP contribution in [-0.2, 0) is 12.7 Å². The lowest BCUT2D eigenvalue weighted by Gasteiger charge is -2.42. The first-order valence-corrected chi connectivity index (χ1v) is 16.1. The van der Waals surface area contributed by atoms with Gasteiger partial charge in [-0.1, -0.05) is 48.5 Å². The zero-order valence-electron chi connectivity index (χ0n) is 27.5. The molecule has 252 valence electrons. The highest BCUT2D eigenvalue weighted by Crippen LogP contribution is 2.33. The van der Waals surface area contributed by atoms with Crippen molar-refractivity contribution < 1.29 is 22.4 Å². The number of carbonyl (C=O) groups is 1. The normalized spacial score (nSPS) is 16.7. The first-order chi connectivity index (χ1) is 23.4. The third-order valence-electron chi connectivity index (χ3n) is 9.47. The van der Waals surface area contributed by atoms with E-state index >= 15 is 0 Å². The molecule has 49 heavy (non-hydrogen) atoms. The van der Waals surface area contributed by atoms with E-state index in [1.165, 1.54) is 28.6 Å². The van der Waals surface area contributed by atoms with Crippen LogP contribution < -0.4 is 11.0 Å². The van der Waals surface area contributed by atoms with Crippen LogP contribution in [0.15, 0.2) is 95.9 Å². The molecule has 0 atom stereocenters. The maximum absolute atomic E-state index is 14.2. The molecule has 1 fully saturated rings. The number of hydrogen-bond acceptors (Lipinski definition) is 3. The molecule has 5 aromatic rings. The molecule has 1 amide bonds. The largest absolute Gasteiger partial charge is 0.416 e. The van der Waals surface area contributed by atoms with Gasteiger partial charge in [-0.3, -0.25) is 4.57 Å². The van der Waals surface area contributed by atoms with Crippen LogP contribution in [0.3, 0.4) is 0 Å². The Morgan fingerprint density at radius 2 is 1.65 bits per heavy atom. The fourth-order valence-electron chi connectivity index (χ4n) is 6.92. The third-order valence-corrected chi connectivity index (χ3v) is 9.47. The summed E-state index contributed by atoms with van der Waals surface area (Å²) in [7, 11) is 4.44. The Hall–Kier alpha value is -5.41. The van der Waals surface area contributed by atoms with Crippen molar-refractivity contribution in [3.63, 3.8) is 0 Å². The fourth-order valence-corrected chi connectivity index (χ4v) is 6.92. The molecule has 2 aromatic heterocycles. The number of aromatic nitrogens is 4. The van der Waals surface area contributed by atoms with Crippen molar-refractivity contribution in [3.8, 4) is 22.8 Å². The topological polar surface area (TPSA) is 78.2 Å². The Labute approximate surface area is 282 Å². The number of amides is 1. The minimum Gasteiger partial charge on any atom is -0.335 e. The third kappa shape index (κ3) is 6.80. The quantitative estimate of drug-likeness (QED) is 0.144. The van der Waals surface area contributed by atoms with Crippen LogP contribution >= 0.6 is 0 Å². The number of alkyl halides is 3. The number of nitrogens with zero attached hydrogens (tertiary/aromatic N) is 6. The summed E-state index contributed by atoms with van der Waals surface area (Å²) in [5.74, 6) is 0. The lowest BCUT2D eigenvalue weighted by molar-refractivity contribution is -0.929. The summed E-state index contributed by atoms with van der Waals surface area (Å²) in [5, 5.41) is 7.49. The van der Waals surface area contributed by atoms with Gasteiger partial charge in [-0.05, 0) is 56.2 Å². The van der Waals surface area contributed by atoms with Gasteiger partial charge in [-0.15, -0.1) is 0 Å². The van der Waals surface area contributed by atoms with E-state index in [0.717, 1.165) is 58.0 Å². The predicted molar refractivity (Wildman–Crippen MR) is 181 cm³/mol. The smallest absolute Gasteiger partial charge is 0.335 e. The van der Waals surface area contributed by atoms with Crippen LogP contribution in [0, 0.1) is 13.5 Å². The summed E-state index contributed by atoms with van der Waals surface area (Å²) in [6.45, 7) is 9.75. The minimum absolute atomic E-state index is 0.0171. The molecular formula is C37H37F3N7O2+. The van der Waals surface area contributed by atoms with E-state index < -0.39 is 23.5 Å². The number of carbonyl (C=O) groups excluding carboxylic acids is 1. The number of nitrogens with one attached hydrogen (secondary N) is 1. The van der Waals surface area contributed by atoms with Crippen LogP contribution in [0.4, 0.5) is 23.7 Å². The zero-order valence-corrected chi connectivity index (χ0v) is 27.5. The van der Waals surface area contributed by atoms with E-state index in [1.807, 2.05) is 18.2 Å². The van der Waals surface area contributed by atoms with Gasteiger partial charge in [0.1, 0.15) is 12.2 Å². The van der Waals surface area contributed by atoms with Gasteiger partial charge in [0.15, 0.2) is 5.69 Å². The molecule has 9 nitrogen and oxygen atoms in total. The first-order valence-electron chi connectivity index (χ1n) is 16.1. The standard InChI is InChI=1S/C37H36F3N7O2/c1-25-34(33-21-22-42-46(33)30-17-13-28(41-2)14-18-30)45(36(49)44(25)31-12-8-11-27(23-31)37(38,39)40)35(48)43-29-15-19-32(20-16-29)47(3,4)24-26-9-6-5-7-10-26/h5-14,17-18,21-23,29,32H,15-16,19-20,24H2,1,3-4H3/p+1. The summed E-state index contributed by atoms with van der Waals surface area (Å²) in [5.41, 5.74) is 1.39.